The Morgan fingerprint density at radius 2 is 2.10 bits per heavy atom. The number of ether oxygens (including phenoxy) is 1. The molecule has 0 aromatic heterocycles. The molecule has 1 spiro atoms. The Morgan fingerprint density at radius 1 is 1.33 bits per heavy atom. The van der Waals surface area contributed by atoms with Gasteiger partial charge in [-0.25, -0.2) is 0 Å². The van der Waals surface area contributed by atoms with Gasteiger partial charge in [0.25, 0.3) is 0 Å². The lowest BCUT2D eigenvalue weighted by atomic mass is 9.55. The lowest BCUT2D eigenvalue weighted by molar-refractivity contribution is -0.134. The zero-order valence-corrected chi connectivity index (χ0v) is 14.8. The molecule has 2 nitrogen and oxygen atoms in total. The van der Waals surface area contributed by atoms with Gasteiger partial charge in [0.2, 0.25) is 0 Å². The first-order valence-corrected chi connectivity index (χ1v) is 9.16. The molecule has 2 unspecified atom stereocenters. The minimum atomic E-state index is 0.348. The standard InChI is InChI=1S/C17H23BrClNO/c1-2-21-16-11-15(17(16)8-4-3-5-9-17)20-12-6-7-14(19)13(18)10-12/h6-7,10,15-16,20H,2-5,8-9,11H2,1H3. The Bertz CT molecular complexity index is 502. The maximum absolute atomic E-state index is 6.08. The molecule has 0 aliphatic heterocycles. The Morgan fingerprint density at radius 3 is 2.76 bits per heavy atom. The van der Waals surface area contributed by atoms with Crippen LogP contribution in [0.2, 0.25) is 5.02 Å². The van der Waals surface area contributed by atoms with E-state index in [0.717, 1.165) is 28.2 Å². The number of hydrogen-bond donors (Lipinski definition) is 1. The maximum atomic E-state index is 6.08. The normalized spacial score (nSPS) is 27.4. The van der Waals surface area contributed by atoms with Crippen molar-refractivity contribution in [3.05, 3.63) is 27.7 Å². The predicted molar refractivity (Wildman–Crippen MR) is 92.1 cm³/mol. The van der Waals surface area contributed by atoms with E-state index in [1.807, 2.05) is 6.07 Å². The van der Waals surface area contributed by atoms with Crippen molar-refractivity contribution in [3.63, 3.8) is 0 Å². The number of rotatable bonds is 4. The van der Waals surface area contributed by atoms with Gasteiger partial charge in [-0.1, -0.05) is 30.9 Å². The molecule has 2 aliphatic carbocycles. The summed E-state index contributed by atoms with van der Waals surface area (Å²) < 4.78 is 6.96. The minimum absolute atomic E-state index is 0.348. The van der Waals surface area contributed by atoms with Crippen LogP contribution in [0.1, 0.15) is 45.4 Å². The first-order valence-electron chi connectivity index (χ1n) is 7.99. The van der Waals surface area contributed by atoms with Gasteiger partial charge in [0, 0.05) is 28.2 Å². The molecule has 0 heterocycles. The Kier molecular flexibility index (Phi) is 4.82. The van der Waals surface area contributed by atoms with Crippen molar-refractivity contribution >= 4 is 33.2 Å². The number of nitrogens with one attached hydrogen (secondary N) is 1. The SMILES string of the molecule is CCOC1CC(Nc2ccc(Cl)c(Br)c2)C12CCCCC2. The Balaban J connectivity index is 1.73. The number of hydrogen-bond acceptors (Lipinski definition) is 2. The molecule has 1 N–H and O–H groups in total. The third-order valence-electron chi connectivity index (χ3n) is 5.20. The average Bonchev–Trinajstić information content (AvgIpc) is 2.50. The van der Waals surface area contributed by atoms with Crippen LogP contribution in [0.4, 0.5) is 5.69 Å². The van der Waals surface area contributed by atoms with Gasteiger partial charge in [-0.15, -0.1) is 0 Å². The summed E-state index contributed by atoms with van der Waals surface area (Å²) in [5, 5.41) is 4.48. The first kappa shape index (κ1) is 15.6. The number of anilines is 1. The number of benzene rings is 1. The summed E-state index contributed by atoms with van der Waals surface area (Å²) in [4.78, 5) is 0. The molecule has 2 atom stereocenters. The van der Waals surface area contributed by atoms with Crippen LogP contribution < -0.4 is 5.32 Å². The van der Waals surface area contributed by atoms with Crippen LogP contribution in [0.3, 0.4) is 0 Å². The molecular weight excluding hydrogens is 350 g/mol. The van der Waals surface area contributed by atoms with Crippen molar-refractivity contribution in [2.24, 2.45) is 5.41 Å². The summed E-state index contributed by atoms with van der Waals surface area (Å²) in [6, 6.07) is 6.62. The molecular formula is C17H23BrClNO. The smallest absolute Gasteiger partial charge is 0.0670 e. The fourth-order valence-electron chi connectivity index (χ4n) is 4.05. The molecule has 21 heavy (non-hydrogen) atoms. The molecule has 4 heteroatoms. The molecule has 3 rings (SSSR count). The van der Waals surface area contributed by atoms with Crippen molar-refractivity contribution in [1.82, 2.24) is 0 Å². The summed E-state index contributed by atoms with van der Waals surface area (Å²) in [5.74, 6) is 0. The Hall–Kier alpha value is -0.250. The van der Waals surface area contributed by atoms with Crippen molar-refractivity contribution in [2.45, 2.75) is 57.6 Å². The Labute approximate surface area is 140 Å². The summed E-state index contributed by atoms with van der Waals surface area (Å²) in [7, 11) is 0. The highest BCUT2D eigenvalue weighted by Gasteiger charge is 2.55. The van der Waals surface area contributed by atoms with Crippen molar-refractivity contribution in [2.75, 3.05) is 11.9 Å². The van der Waals surface area contributed by atoms with Crippen LogP contribution in [0, 0.1) is 5.41 Å². The molecule has 0 radical (unpaired) electrons. The van der Waals surface area contributed by atoms with E-state index in [9.17, 15) is 0 Å². The molecule has 0 bridgehead atoms. The van der Waals surface area contributed by atoms with Gasteiger partial charge < -0.3 is 10.1 Å². The van der Waals surface area contributed by atoms with Crippen LogP contribution in [0.15, 0.2) is 22.7 Å². The van der Waals surface area contributed by atoms with Gasteiger partial charge >= 0.3 is 0 Å². The van der Waals surface area contributed by atoms with E-state index in [1.165, 1.54) is 32.1 Å². The van der Waals surface area contributed by atoms with Gasteiger partial charge in [0.15, 0.2) is 0 Å². The highest BCUT2D eigenvalue weighted by Crippen LogP contribution is 2.54. The second-order valence-corrected chi connectivity index (χ2v) is 7.56. The molecule has 1 aromatic rings. The van der Waals surface area contributed by atoms with Gasteiger partial charge in [-0.2, -0.15) is 0 Å². The van der Waals surface area contributed by atoms with Gasteiger partial charge in [-0.3, -0.25) is 0 Å². The molecule has 2 fully saturated rings. The minimum Gasteiger partial charge on any atom is -0.382 e. The quantitative estimate of drug-likeness (QED) is 0.738. The predicted octanol–water partition coefficient (Wildman–Crippen LogP) is 5.64. The van der Waals surface area contributed by atoms with E-state index in [-0.39, 0.29) is 0 Å². The molecule has 2 saturated carbocycles. The summed E-state index contributed by atoms with van der Waals surface area (Å²) in [6.07, 6.45) is 8.20. The molecule has 1 aromatic carbocycles. The monoisotopic (exact) mass is 371 g/mol. The van der Waals surface area contributed by atoms with E-state index >= 15 is 0 Å². The van der Waals surface area contributed by atoms with E-state index in [0.29, 0.717) is 17.6 Å². The second-order valence-electron chi connectivity index (χ2n) is 6.30. The molecule has 0 saturated heterocycles. The van der Waals surface area contributed by atoms with Crippen LogP contribution in [-0.2, 0) is 4.74 Å². The van der Waals surface area contributed by atoms with Crippen LogP contribution >= 0.6 is 27.5 Å². The molecule has 2 aliphatic rings. The van der Waals surface area contributed by atoms with Crippen molar-refractivity contribution in [1.29, 1.82) is 0 Å². The maximum Gasteiger partial charge on any atom is 0.0670 e. The summed E-state index contributed by atoms with van der Waals surface area (Å²) in [5.41, 5.74) is 1.50. The zero-order valence-electron chi connectivity index (χ0n) is 12.5. The second kappa shape index (κ2) is 6.47. The van der Waals surface area contributed by atoms with E-state index in [4.69, 9.17) is 16.3 Å². The van der Waals surface area contributed by atoms with Crippen molar-refractivity contribution < 1.29 is 4.74 Å². The third kappa shape index (κ3) is 2.97. The van der Waals surface area contributed by atoms with E-state index in [1.54, 1.807) is 0 Å². The third-order valence-corrected chi connectivity index (χ3v) is 6.41. The van der Waals surface area contributed by atoms with E-state index < -0.39 is 0 Å². The largest absolute Gasteiger partial charge is 0.382 e. The lowest BCUT2D eigenvalue weighted by Crippen LogP contribution is -2.62. The van der Waals surface area contributed by atoms with Crippen LogP contribution in [0.5, 0.6) is 0 Å². The molecule has 0 amide bonds. The summed E-state index contributed by atoms with van der Waals surface area (Å²) >= 11 is 9.58. The lowest BCUT2D eigenvalue weighted by Gasteiger charge is -2.58. The van der Waals surface area contributed by atoms with Crippen LogP contribution in [0.25, 0.3) is 0 Å². The van der Waals surface area contributed by atoms with Gasteiger partial charge in [0.05, 0.1) is 11.1 Å². The fourth-order valence-corrected chi connectivity index (χ4v) is 4.55. The number of halogens is 2. The zero-order chi connectivity index (χ0) is 14.9. The first-order chi connectivity index (χ1) is 10.2. The topological polar surface area (TPSA) is 21.3 Å². The molecule has 116 valence electrons. The van der Waals surface area contributed by atoms with Crippen molar-refractivity contribution in [3.8, 4) is 0 Å². The summed E-state index contributed by atoms with van der Waals surface area (Å²) in [6.45, 7) is 2.93. The highest BCUT2D eigenvalue weighted by atomic mass is 79.9. The van der Waals surface area contributed by atoms with Gasteiger partial charge in [-0.05, 0) is 60.3 Å². The average molecular weight is 373 g/mol. The van der Waals surface area contributed by atoms with E-state index in [2.05, 4.69) is 40.3 Å². The highest BCUT2D eigenvalue weighted by molar-refractivity contribution is 9.10. The van der Waals surface area contributed by atoms with Gasteiger partial charge in [0.1, 0.15) is 0 Å². The fraction of sp³-hybridized carbons (Fsp3) is 0.647. The van der Waals surface area contributed by atoms with Crippen LogP contribution in [-0.4, -0.2) is 18.8 Å².